The molecule has 1 aromatic carbocycles. The topological polar surface area (TPSA) is 72.8 Å². The second-order valence-electron chi connectivity index (χ2n) is 4.71. The zero-order valence-electron chi connectivity index (χ0n) is 10.6. The number of hydrogen-bond acceptors (Lipinski definition) is 4. The van der Waals surface area contributed by atoms with Crippen LogP contribution in [-0.4, -0.2) is 53.3 Å². The van der Waals surface area contributed by atoms with Crippen molar-refractivity contribution in [2.24, 2.45) is 0 Å². The molecular formula is C13H18N2O3. The van der Waals surface area contributed by atoms with E-state index in [-0.39, 0.29) is 17.7 Å². The van der Waals surface area contributed by atoms with Crippen LogP contribution in [0.2, 0.25) is 0 Å². The molecule has 1 aliphatic rings. The number of carbonyl (C=O) groups excluding carboxylic acids is 1. The highest BCUT2D eigenvalue weighted by molar-refractivity contribution is 5.94. The molecule has 1 aromatic rings. The summed E-state index contributed by atoms with van der Waals surface area (Å²) in [6.07, 6.45) is -0.544. The second-order valence-corrected chi connectivity index (χ2v) is 4.71. The third-order valence-corrected chi connectivity index (χ3v) is 3.43. The third kappa shape index (κ3) is 2.32. The molecule has 1 saturated heterocycles. The molecule has 1 fully saturated rings. The van der Waals surface area contributed by atoms with E-state index in [2.05, 4.69) is 5.32 Å². The van der Waals surface area contributed by atoms with E-state index in [1.54, 1.807) is 26.1 Å². The highest BCUT2D eigenvalue weighted by Crippen LogP contribution is 2.19. The zero-order chi connectivity index (χ0) is 13.3. The Balaban J connectivity index is 2.17. The summed E-state index contributed by atoms with van der Waals surface area (Å²) in [6.45, 7) is 2.86. The van der Waals surface area contributed by atoms with Crippen LogP contribution in [-0.2, 0) is 0 Å². The summed E-state index contributed by atoms with van der Waals surface area (Å²) in [4.78, 5) is 13.7. The Morgan fingerprint density at radius 3 is 2.72 bits per heavy atom. The van der Waals surface area contributed by atoms with Crippen molar-refractivity contribution in [3.63, 3.8) is 0 Å². The van der Waals surface area contributed by atoms with Gasteiger partial charge in [0, 0.05) is 25.7 Å². The van der Waals surface area contributed by atoms with Crippen LogP contribution >= 0.6 is 0 Å². The van der Waals surface area contributed by atoms with Gasteiger partial charge in [-0.05, 0) is 24.6 Å². The van der Waals surface area contributed by atoms with Gasteiger partial charge in [0.15, 0.2) is 0 Å². The lowest BCUT2D eigenvalue weighted by Gasteiger charge is -2.26. The fraction of sp³-hybridized carbons (Fsp3) is 0.462. The summed E-state index contributed by atoms with van der Waals surface area (Å²) in [7, 11) is 1.67. The molecule has 0 saturated carbocycles. The predicted molar refractivity (Wildman–Crippen MR) is 67.6 cm³/mol. The van der Waals surface area contributed by atoms with E-state index in [0.717, 1.165) is 5.56 Å². The quantitative estimate of drug-likeness (QED) is 0.696. The molecule has 0 aliphatic carbocycles. The fourth-order valence-corrected chi connectivity index (χ4v) is 2.14. The van der Waals surface area contributed by atoms with Crippen LogP contribution < -0.4 is 5.32 Å². The highest BCUT2D eigenvalue weighted by Gasteiger charge is 2.31. The number of aryl methyl sites for hydroxylation is 1. The molecule has 5 heteroatoms. The molecule has 1 aliphatic heterocycles. The lowest BCUT2D eigenvalue weighted by molar-refractivity contribution is 0.0581. The summed E-state index contributed by atoms with van der Waals surface area (Å²) in [5.41, 5.74) is 1.16. The largest absolute Gasteiger partial charge is 0.508 e. The maximum Gasteiger partial charge on any atom is 0.254 e. The number of aliphatic hydroxyl groups excluding tert-OH is 1. The first-order valence-corrected chi connectivity index (χ1v) is 5.96. The van der Waals surface area contributed by atoms with Crippen molar-refractivity contribution in [1.82, 2.24) is 10.2 Å². The molecule has 3 N–H and O–H groups in total. The number of carbonyl (C=O) groups is 1. The van der Waals surface area contributed by atoms with Gasteiger partial charge in [0.25, 0.3) is 5.91 Å². The molecule has 0 radical (unpaired) electrons. The van der Waals surface area contributed by atoms with Crippen LogP contribution in [0.1, 0.15) is 15.9 Å². The van der Waals surface area contributed by atoms with Gasteiger partial charge in [-0.3, -0.25) is 4.79 Å². The minimum Gasteiger partial charge on any atom is -0.508 e. The van der Waals surface area contributed by atoms with Crippen molar-refractivity contribution in [3.05, 3.63) is 29.3 Å². The fourth-order valence-electron chi connectivity index (χ4n) is 2.14. The number of hydrogen-bond donors (Lipinski definition) is 3. The van der Waals surface area contributed by atoms with Gasteiger partial charge in [0.2, 0.25) is 0 Å². The number of nitrogens with zero attached hydrogens (tertiary/aromatic N) is 1. The van der Waals surface area contributed by atoms with Crippen molar-refractivity contribution in [1.29, 1.82) is 0 Å². The Kier molecular flexibility index (Phi) is 3.54. The Morgan fingerprint density at radius 2 is 2.17 bits per heavy atom. The first-order valence-electron chi connectivity index (χ1n) is 5.96. The Hall–Kier alpha value is -1.59. The van der Waals surface area contributed by atoms with Gasteiger partial charge in [0.05, 0.1) is 12.1 Å². The molecule has 0 bridgehead atoms. The molecule has 1 amide bonds. The van der Waals surface area contributed by atoms with E-state index in [1.165, 1.54) is 11.0 Å². The minimum absolute atomic E-state index is 0.111. The van der Waals surface area contributed by atoms with E-state index in [4.69, 9.17) is 0 Å². The number of aliphatic hydroxyl groups is 1. The normalized spacial score (nSPS) is 23.1. The molecular weight excluding hydrogens is 232 g/mol. The summed E-state index contributed by atoms with van der Waals surface area (Å²) in [5, 5.41) is 22.4. The number of nitrogens with one attached hydrogen (secondary N) is 1. The SMILES string of the molecule is Cc1ccc(C(=O)N(C)[C@H]2CNC[C@@H]2O)cc1O. The molecule has 0 spiro atoms. The Morgan fingerprint density at radius 1 is 1.44 bits per heavy atom. The molecule has 0 aromatic heterocycles. The lowest BCUT2D eigenvalue weighted by Crippen LogP contribution is -2.44. The summed E-state index contributed by atoms with van der Waals surface area (Å²) in [5.74, 6) is -0.0857. The van der Waals surface area contributed by atoms with Crippen molar-refractivity contribution < 1.29 is 15.0 Å². The van der Waals surface area contributed by atoms with Crippen LogP contribution in [0.15, 0.2) is 18.2 Å². The number of likely N-dealkylation sites (N-methyl/N-ethyl adjacent to an activating group) is 1. The standard InChI is InChI=1S/C13H18N2O3/c1-8-3-4-9(5-11(8)16)13(18)15(2)10-6-14-7-12(10)17/h3-5,10,12,14,16-17H,6-7H2,1-2H3/t10-,12-/m0/s1. The van der Waals surface area contributed by atoms with Gasteiger partial charge in [-0.25, -0.2) is 0 Å². The molecule has 2 rings (SSSR count). The predicted octanol–water partition coefficient (Wildman–Crippen LogP) is 0.105. The molecule has 5 nitrogen and oxygen atoms in total. The number of β-amino-alcohol motifs (C(OH)–C–C–N with tert-alkyl or cyclic N) is 1. The van der Waals surface area contributed by atoms with Gasteiger partial charge in [-0.2, -0.15) is 0 Å². The molecule has 0 unspecified atom stereocenters. The van der Waals surface area contributed by atoms with E-state index < -0.39 is 6.10 Å². The van der Waals surface area contributed by atoms with Crippen LogP contribution in [0.4, 0.5) is 0 Å². The van der Waals surface area contributed by atoms with Gasteiger partial charge < -0.3 is 20.4 Å². The second kappa shape index (κ2) is 4.96. The van der Waals surface area contributed by atoms with Gasteiger partial charge >= 0.3 is 0 Å². The molecule has 18 heavy (non-hydrogen) atoms. The first-order chi connectivity index (χ1) is 8.50. The van der Waals surface area contributed by atoms with Gasteiger partial charge in [-0.15, -0.1) is 0 Å². The molecule has 2 atom stereocenters. The van der Waals surface area contributed by atoms with Crippen molar-refractivity contribution >= 4 is 5.91 Å². The average Bonchev–Trinajstić information content (AvgIpc) is 2.77. The zero-order valence-corrected chi connectivity index (χ0v) is 10.6. The first kappa shape index (κ1) is 12.9. The van der Waals surface area contributed by atoms with E-state index in [9.17, 15) is 15.0 Å². The van der Waals surface area contributed by atoms with Crippen molar-refractivity contribution in [3.8, 4) is 5.75 Å². The van der Waals surface area contributed by atoms with Gasteiger partial charge in [0.1, 0.15) is 5.75 Å². The Bertz CT molecular complexity index is 462. The Labute approximate surface area is 106 Å². The van der Waals surface area contributed by atoms with Crippen LogP contribution in [0.25, 0.3) is 0 Å². The number of phenolic OH excluding ortho intramolecular Hbond substituents is 1. The number of benzene rings is 1. The highest BCUT2D eigenvalue weighted by atomic mass is 16.3. The lowest BCUT2D eigenvalue weighted by atomic mass is 10.1. The van der Waals surface area contributed by atoms with E-state index >= 15 is 0 Å². The summed E-state index contributed by atoms with van der Waals surface area (Å²) in [6, 6.07) is 4.63. The number of aromatic hydroxyl groups is 1. The maximum absolute atomic E-state index is 12.2. The monoisotopic (exact) mass is 250 g/mol. The number of amides is 1. The van der Waals surface area contributed by atoms with Crippen molar-refractivity contribution in [2.45, 2.75) is 19.1 Å². The maximum atomic E-state index is 12.2. The smallest absolute Gasteiger partial charge is 0.254 e. The van der Waals surface area contributed by atoms with Crippen LogP contribution in [0.3, 0.4) is 0 Å². The van der Waals surface area contributed by atoms with Crippen molar-refractivity contribution in [2.75, 3.05) is 20.1 Å². The average molecular weight is 250 g/mol. The van der Waals surface area contributed by atoms with E-state index in [1.807, 2.05) is 0 Å². The number of rotatable bonds is 2. The molecule has 98 valence electrons. The van der Waals surface area contributed by atoms with E-state index in [0.29, 0.717) is 18.7 Å². The molecule has 1 heterocycles. The minimum atomic E-state index is -0.544. The number of phenols is 1. The van der Waals surface area contributed by atoms with Crippen LogP contribution in [0.5, 0.6) is 5.75 Å². The third-order valence-electron chi connectivity index (χ3n) is 3.43. The van der Waals surface area contributed by atoms with Crippen LogP contribution in [0, 0.1) is 6.92 Å². The van der Waals surface area contributed by atoms with Gasteiger partial charge in [-0.1, -0.05) is 6.07 Å². The summed E-state index contributed by atoms with van der Waals surface area (Å²) < 4.78 is 0. The summed E-state index contributed by atoms with van der Waals surface area (Å²) >= 11 is 0.